The number of carbonyl (C=O) groups excluding carboxylic acids is 3. The SMILES string of the molecule is CC(=O)C(=O)CC(=O)c1cccc(C)c1. The lowest BCUT2D eigenvalue weighted by Gasteiger charge is -1.99. The van der Waals surface area contributed by atoms with Crippen LogP contribution in [0.25, 0.3) is 0 Å². The van der Waals surface area contributed by atoms with Gasteiger partial charge in [0.1, 0.15) is 0 Å². The fourth-order valence-corrected chi connectivity index (χ4v) is 1.19. The van der Waals surface area contributed by atoms with Crippen LogP contribution in [0.1, 0.15) is 29.3 Å². The Hall–Kier alpha value is -1.77. The molecule has 0 saturated heterocycles. The molecule has 0 aromatic heterocycles. The molecule has 0 saturated carbocycles. The highest BCUT2D eigenvalue weighted by Gasteiger charge is 2.14. The average molecular weight is 204 g/mol. The van der Waals surface area contributed by atoms with Crippen molar-refractivity contribution in [2.45, 2.75) is 20.3 Å². The maximum absolute atomic E-state index is 11.5. The minimum atomic E-state index is -0.637. The van der Waals surface area contributed by atoms with Gasteiger partial charge >= 0.3 is 0 Å². The predicted octanol–water partition coefficient (Wildman–Crippen LogP) is 1.73. The number of ketones is 3. The molecule has 0 spiro atoms. The van der Waals surface area contributed by atoms with Crippen LogP contribution in [0.2, 0.25) is 0 Å². The van der Waals surface area contributed by atoms with E-state index in [-0.39, 0.29) is 12.2 Å². The number of benzene rings is 1. The molecule has 1 rings (SSSR count). The molecule has 15 heavy (non-hydrogen) atoms. The van der Waals surface area contributed by atoms with Crippen LogP contribution in [-0.4, -0.2) is 17.3 Å². The molecule has 78 valence electrons. The third kappa shape index (κ3) is 3.13. The number of aryl methyl sites for hydroxylation is 1. The molecule has 0 heterocycles. The molecule has 0 unspecified atom stereocenters. The molecule has 0 bridgehead atoms. The number of Topliss-reactive ketones (excluding diaryl/α,β-unsaturated/α-hetero) is 3. The summed E-state index contributed by atoms with van der Waals surface area (Å²) in [7, 11) is 0. The second-order valence-corrected chi connectivity index (χ2v) is 3.45. The Labute approximate surface area is 88.1 Å². The Morgan fingerprint density at radius 3 is 2.40 bits per heavy atom. The summed E-state index contributed by atoms with van der Waals surface area (Å²) in [6.07, 6.45) is -0.335. The number of carbonyl (C=O) groups is 3. The van der Waals surface area contributed by atoms with Crippen LogP contribution < -0.4 is 0 Å². The number of rotatable bonds is 4. The van der Waals surface area contributed by atoms with Crippen LogP contribution in [0.4, 0.5) is 0 Å². The first kappa shape index (κ1) is 11.3. The van der Waals surface area contributed by atoms with E-state index >= 15 is 0 Å². The number of hydrogen-bond acceptors (Lipinski definition) is 3. The van der Waals surface area contributed by atoms with Crippen molar-refractivity contribution in [3.05, 3.63) is 35.4 Å². The third-order valence-corrected chi connectivity index (χ3v) is 2.05. The zero-order valence-corrected chi connectivity index (χ0v) is 8.74. The van der Waals surface area contributed by atoms with Crippen LogP contribution in [-0.2, 0) is 9.59 Å². The number of hydrogen-bond donors (Lipinski definition) is 0. The first-order valence-corrected chi connectivity index (χ1v) is 4.64. The average Bonchev–Trinajstić information content (AvgIpc) is 2.17. The molecule has 0 aliphatic heterocycles. The van der Waals surface area contributed by atoms with E-state index in [9.17, 15) is 14.4 Å². The van der Waals surface area contributed by atoms with Crippen molar-refractivity contribution >= 4 is 17.3 Å². The largest absolute Gasteiger partial charge is 0.294 e. The van der Waals surface area contributed by atoms with Gasteiger partial charge in [0.2, 0.25) is 5.78 Å². The summed E-state index contributed by atoms with van der Waals surface area (Å²) >= 11 is 0. The highest BCUT2D eigenvalue weighted by molar-refractivity contribution is 6.40. The van der Waals surface area contributed by atoms with E-state index in [1.807, 2.05) is 13.0 Å². The maximum atomic E-state index is 11.5. The van der Waals surface area contributed by atoms with Crippen LogP contribution >= 0.6 is 0 Å². The molecule has 1 aromatic carbocycles. The van der Waals surface area contributed by atoms with E-state index in [0.29, 0.717) is 5.56 Å². The highest BCUT2D eigenvalue weighted by Crippen LogP contribution is 2.07. The molecule has 0 aliphatic carbocycles. The van der Waals surface area contributed by atoms with Gasteiger partial charge in [-0.1, -0.05) is 23.8 Å². The second-order valence-electron chi connectivity index (χ2n) is 3.45. The summed E-state index contributed by atoms with van der Waals surface area (Å²) in [5.41, 5.74) is 1.43. The summed E-state index contributed by atoms with van der Waals surface area (Å²) in [6.45, 7) is 3.04. The Bertz CT molecular complexity index is 419. The highest BCUT2D eigenvalue weighted by atomic mass is 16.2. The Morgan fingerprint density at radius 2 is 1.87 bits per heavy atom. The molecule has 3 nitrogen and oxygen atoms in total. The quantitative estimate of drug-likeness (QED) is 0.426. The van der Waals surface area contributed by atoms with E-state index in [0.717, 1.165) is 5.56 Å². The maximum Gasteiger partial charge on any atom is 0.205 e. The van der Waals surface area contributed by atoms with E-state index < -0.39 is 11.6 Å². The van der Waals surface area contributed by atoms with Crippen LogP contribution in [0, 0.1) is 6.92 Å². The van der Waals surface area contributed by atoms with Gasteiger partial charge in [0.25, 0.3) is 0 Å². The van der Waals surface area contributed by atoms with Crippen molar-refractivity contribution in [3.8, 4) is 0 Å². The van der Waals surface area contributed by atoms with Gasteiger partial charge in [0.15, 0.2) is 11.6 Å². The summed E-state index contributed by atoms with van der Waals surface area (Å²) < 4.78 is 0. The van der Waals surface area contributed by atoms with Crippen molar-refractivity contribution < 1.29 is 14.4 Å². The van der Waals surface area contributed by atoms with Crippen LogP contribution in [0.15, 0.2) is 24.3 Å². The molecule has 0 atom stereocenters. The Morgan fingerprint density at radius 1 is 1.20 bits per heavy atom. The molecule has 0 aliphatic rings. The van der Waals surface area contributed by atoms with E-state index in [1.165, 1.54) is 6.92 Å². The molecule has 0 radical (unpaired) electrons. The van der Waals surface area contributed by atoms with Crippen molar-refractivity contribution in [2.24, 2.45) is 0 Å². The minimum Gasteiger partial charge on any atom is -0.294 e. The zero-order chi connectivity index (χ0) is 11.4. The molecule has 3 heteroatoms. The van der Waals surface area contributed by atoms with Crippen molar-refractivity contribution in [3.63, 3.8) is 0 Å². The van der Waals surface area contributed by atoms with Gasteiger partial charge in [-0.3, -0.25) is 14.4 Å². The summed E-state index contributed by atoms with van der Waals surface area (Å²) in [6, 6.07) is 6.96. The van der Waals surface area contributed by atoms with Gasteiger partial charge < -0.3 is 0 Å². The van der Waals surface area contributed by atoms with E-state index in [4.69, 9.17) is 0 Å². The minimum absolute atomic E-state index is 0.307. The summed E-state index contributed by atoms with van der Waals surface area (Å²) in [4.78, 5) is 33.3. The lowest BCUT2D eigenvalue weighted by atomic mass is 10.0. The fraction of sp³-hybridized carbons (Fsp3) is 0.250. The monoisotopic (exact) mass is 204 g/mol. The van der Waals surface area contributed by atoms with Gasteiger partial charge in [-0.2, -0.15) is 0 Å². The third-order valence-electron chi connectivity index (χ3n) is 2.05. The Balaban J connectivity index is 2.78. The molecular weight excluding hydrogens is 192 g/mol. The first-order chi connectivity index (χ1) is 7.00. The lowest BCUT2D eigenvalue weighted by molar-refractivity contribution is -0.134. The second kappa shape index (κ2) is 4.64. The van der Waals surface area contributed by atoms with E-state index in [2.05, 4.69) is 0 Å². The van der Waals surface area contributed by atoms with Gasteiger partial charge in [-0.25, -0.2) is 0 Å². The summed E-state index contributed by atoms with van der Waals surface area (Å²) in [5, 5.41) is 0. The van der Waals surface area contributed by atoms with Crippen molar-refractivity contribution in [2.75, 3.05) is 0 Å². The molecular formula is C12H12O3. The molecule has 0 fully saturated rings. The van der Waals surface area contributed by atoms with Gasteiger partial charge in [-0.05, 0) is 13.0 Å². The molecule has 0 amide bonds. The zero-order valence-electron chi connectivity index (χ0n) is 8.74. The van der Waals surface area contributed by atoms with Crippen LogP contribution in [0.5, 0.6) is 0 Å². The molecule has 0 N–H and O–H groups in total. The predicted molar refractivity (Wildman–Crippen MR) is 55.8 cm³/mol. The summed E-state index contributed by atoms with van der Waals surface area (Å²) in [5.74, 6) is -1.52. The fourth-order valence-electron chi connectivity index (χ4n) is 1.19. The van der Waals surface area contributed by atoms with Crippen molar-refractivity contribution in [1.82, 2.24) is 0 Å². The van der Waals surface area contributed by atoms with Gasteiger partial charge in [-0.15, -0.1) is 0 Å². The normalized spacial score (nSPS) is 9.73. The van der Waals surface area contributed by atoms with Crippen LogP contribution in [0.3, 0.4) is 0 Å². The smallest absolute Gasteiger partial charge is 0.205 e. The first-order valence-electron chi connectivity index (χ1n) is 4.64. The van der Waals surface area contributed by atoms with Crippen molar-refractivity contribution in [1.29, 1.82) is 0 Å². The Kier molecular flexibility index (Phi) is 3.50. The van der Waals surface area contributed by atoms with E-state index in [1.54, 1.807) is 18.2 Å². The van der Waals surface area contributed by atoms with Gasteiger partial charge in [0, 0.05) is 12.5 Å². The topological polar surface area (TPSA) is 51.2 Å². The lowest BCUT2D eigenvalue weighted by Crippen LogP contribution is -2.15. The molecule has 1 aromatic rings. The standard InChI is InChI=1S/C12H12O3/c1-8-4-3-5-10(6-8)12(15)7-11(14)9(2)13/h3-6H,7H2,1-2H3. The van der Waals surface area contributed by atoms with Gasteiger partial charge in [0.05, 0.1) is 6.42 Å².